The summed E-state index contributed by atoms with van der Waals surface area (Å²) >= 11 is 6.02. The van der Waals surface area contributed by atoms with E-state index in [1.165, 1.54) is 0 Å². The molecule has 32 heavy (non-hydrogen) atoms. The van der Waals surface area contributed by atoms with Crippen LogP contribution in [0.1, 0.15) is 44.7 Å². The van der Waals surface area contributed by atoms with Gasteiger partial charge in [0.05, 0.1) is 0 Å². The second-order valence-electron chi connectivity index (χ2n) is 8.40. The highest BCUT2D eigenvalue weighted by molar-refractivity contribution is 6.30. The van der Waals surface area contributed by atoms with Crippen LogP contribution in [0, 0.1) is 5.92 Å². The average Bonchev–Trinajstić information content (AvgIpc) is 3.25. The van der Waals surface area contributed by atoms with E-state index >= 15 is 0 Å². The third-order valence-corrected chi connectivity index (χ3v) is 5.65. The number of hydrogen-bond donors (Lipinski definition) is 1. The van der Waals surface area contributed by atoms with Gasteiger partial charge in [-0.2, -0.15) is 0 Å². The summed E-state index contributed by atoms with van der Waals surface area (Å²) in [5.74, 6) is 1.57. The van der Waals surface area contributed by atoms with Gasteiger partial charge in [-0.05, 0) is 54.2 Å². The van der Waals surface area contributed by atoms with Crippen molar-refractivity contribution in [3.8, 4) is 11.5 Å². The van der Waals surface area contributed by atoms with Crippen molar-refractivity contribution < 1.29 is 19.1 Å². The largest absolute Gasteiger partial charge is 0.454 e. The predicted molar refractivity (Wildman–Crippen MR) is 125 cm³/mol. The highest BCUT2D eigenvalue weighted by atomic mass is 35.5. The van der Waals surface area contributed by atoms with Gasteiger partial charge in [-0.1, -0.05) is 50.6 Å². The Morgan fingerprint density at radius 2 is 1.75 bits per heavy atom. The van der Waals surface area contributed by atoms with Crippen LogP contribution in [0.25, 0.3) is 0 Å². The first kappa shape index (κ1) is 23.9. The van der Waals surface area contributed by atoms with Crippen molar-refractivity contribution in [3.05, 3.63) is 58.6 Å². The van der Waals surface area contributed by atoms with Crippen molar-refractivity contribution in [1.82, 2.24) is 10.2 Å². The molecule has 1 N–H and O–H groups in total. The minimum absolute atomic E-state index is 0.0656. The van der Waals surface area contributed by atoms with Crippen LogP contribution in [0.4, 0.5) is 0 Å². The molecule has 1 aliphatic rings. The minimum Gasteiger partial charge on any atom is -0.454 e. The number of rotatable bonds is 10. The first-order valence-corrected chi connectivity index (χ1v) is 11.4. The molecule has 0 aromatic heterocycles. The maximum Gasteiger partial charge on any atom is 0.242 e. The second kappa shape index (κ2) is 11.2. The lowest BCUT2D eigenvalue weighted by molar-refractivity contribution is -0.141. The molecule has 2 aromatic rings. The van der Waals surface area contributed by atoms with Gasteiger partial charge in [-0.25, -0.2) is 0 Å². The quantitative estimate of drug-likeness (QED) is 0.565. The predicted octanol–water partition coefficient (Wildman–Crippen LogP) is 4.58. The Bertz CT molecular complexity index is 930. The van der Waals surface area contributed by atoms with Gasteiger partial charge in [0.15, 0.2) is 11.5 Å². The zero-order chi connectivity index (χ0) is 23.1. The van der Waals surface area contributed by atoms with Crippen molar-refractivity contribution in [1.29, 1.82) is 0 Å². The van der Waals surface area contributed by atoms with Crippen LogP contribution in [-0.2, 0) is 22.6 Å². The fraction of sp³-hybridized carbons (Fsp3) is 0.440. The summed E-state index contributed by atoms with van der Waals surface area (Å²) in [5, 5.41) is 3.62. The van der Waals surface area contributed by atoms with Crippen LogP contribution in [-0.4, -0.2) is 36.1 Å². The summed E-state index contributed by atoms with van der Waals surface area (Å²) < 4.78 is 10.8. The minimum atomic E-state index is -0.534. The Morgan fingerprint density at radius 1 is 1.06 bits per heavy atom. The smallest absolute Gasteiger partial charge is 0.242 e. The first-order chi connectivity index (χ1) is 15.4. The van der Waals surface area contributed by atoms with Gasteiger partial charge in [-0.15, -0.1) is 0 Å². The lowest BCUT2D eigenvalue weighted by Crippen LogP contribution is -2.49. The number of ether oxygens (including phenoxy) is 2. The van der Waals surface area contributed by atoms with Crippen LogP contribution >= 0.6 is 11.6 Å². The molecule has 0 radical (unpaired) electrons. The highest BCUT2D eigenvalue weighted by Gasteiger charge is 2.28. The number of fused-ring (bicyclic) bond motifs is 1. The number of carbonyl (C=O) groups is 2. The number of hydrogen-bond acceptors (Lipinski definition) is 4. The number of nitrogens with one attached hydrogen (secondary N) is 1. The normalized spacial score (nSPS) is 13.2. The molecule has 0 saturated carbocycles. The van der Waals surface area contributed by atoms with Crippen LogP contribution in [0.2, 0.25) is 5.02 Å². The Hall–Kier alpha value is -2.73. The van der Waals surface area contributed by atoms with Gasteiger partial charge in [0.2, 0.25) is 18.6 Å². The molecular weight excluding hydrogens is 428 g/mol. The molecular formula is C25H31ClN2O4. The molecule has 0 spiro atoms. The molecule has 2 amide bonds. The number of benzene rings is 2. The summed E-state index contributed by atoms with van der Waals surface area (Å²) in [6.07, 6.45) is 1.38. The third kappa shape index (κ3) is 6.39. The van der Waals surface area contributed by atoms with E-state index in [1.807, 2.05) is 51.1 Å². The van der Waals surface area contributed by atoms with Gasteiger partial charge in [0.1, 0.15) is 6.04 Å². The summed E-state index contributed by atoms with van der Waals surface area (Å²) in [7, 11) is 0. The molecule has 172 valence electrons. The van der Waals surface area contributed by atoms with E-state index in [0.717, 1.165) is 16.9 Å². The zero-order valence-corrected chi connectivity index (χ0v) is 19.7. The van der Waals surface area contributed by atoms with E-state index in [2.05, 4.69) is 5.32 Å². The summed E-state index contributed by atoms with van der Waals surface area (Å²) in [4.78, 5) is 27.9. The van der Waals surface area contributed by atoms with Crippen molar-refractivity contribution in [2.45, 2.75) is 52.6 Å². The first-order valence-electron chi connectivity index (χ1n) is 11.1. The third-order valence-electron chi connectivity index (χ3n) is 5.40. The van der Waals surface area contributed by atoms with Gasteiger partial charge >= 0.3 is 0 Å². The Morgan fingerprint density at radius 3 is 2.44 bits per heavy atom. The fourth-order valence-corrected chi connectivity index (χ4v) is 3.75. The molecule has 3 rings (SSSR count). The summed E-state index contributed by atoms with van der Waals surface area (Å²) in [5.41, 5.74) is 1.92. The van der Waals surface area contributed by atoms with Gasteiger partial charge in [0.25, 0.3) is 0 Å². The summed E-state index contributed by atoms with van der Waals surface area (Å²) in [6, 6.07) is 12.6. The maximum absolute atomic E-state index is 13.3. The number of amides is 2. The van der Waals surface area contributed by atoms with Crippen molar-refractivity contribution in [3.63, 3.8) is 0 Å². The number of carbonyl (C=O) groups excluding carboxylic acids is 2. The molecule has 0 saturated heterocycles. The molecule has 0 fully saturated rings. The maximum atomic E-state index is 13.3. The van der Waals surface area contributed by atoms with Crippen molar-refractivity contribution in [2.24, 2.45) is 5.92 Å². The fourth-order valence-electron chi connectivity index (χ4n) is 3.62. The van der Waals surface area contributed by atoms with Crippen LogP contribution in [0.3, 0.4) is 0 Å². The van der Waals surface area contributed by atoms with Gasteiger partial charge < -0.3 is 19.7 Å². The van der Waals surface area contributed by atoms with E-state index < -0.39 is 6.04 Å². The highest BCUT2D eigenvalue weighted by Crippen LogP contribution is 2.32. The number of nitrogens with zero attached hydrogens (tertiary/aromatic N) is 1. The molecule has 1 atom stereocenters. The van der Waals surface area contributed by atoms with Crippen LogP contribution in [0.5, 0.6) is 11.5 Å². The van der Waals surface area contributed by atoms with Crippen molar-refractivity contribution in [2.75, 3.05) is 13.3 Å². The second-order valence-corrected chi connectivity index (χ2v) is 8.84. The van der Waals surface area contributed by atoms with Crippen LogP contribution in [0.15, 0.2) is 42.5 Å². The molecule has 1 aliphatic heterocycles. The number of aryl methyl sites for hydroxylation is 1. The molecule has 6 nitrogen and oxygen atoms in total. The zero-order valence-electron chi connectivity index (χ0n) is 18.9. The lowest BCUT2D eigenvalue weighted by atomic mass is 10.1. The van der Waals surface area contributed by atoms with E-state index in [1.54, 1.807) is 17.0 Å². The average molecular weight is 459 g/mol. The molecule has 0 bridgehead atoms. The van der Waals surface area contributed by atoms with Gasteiger partial charge in [-0.3, -0.25) is 9.59 Å². The van der Waals surface area contributed by atoms with E-state index in [4.69, 9.17) is 21.1 Å². The van der Waals surface area contributed by atoms with Crippen molar-refractivity contribution >= 4 is 23.4 Å². The molecule has 1 unspecified atom stereocenters. The summed E-state index contributed by atoms with van der Waals surface area (Å²) in [6.45, 7) is 7.17. The molecule has 1 heterocycles. The molecule has 2 aromatic carbocycles. The Balaban J connectivity index is 1.74. The lowest BCUT2D eigenvalue weighted by Gasteiger charge is -2.31. The topological polar surface area (TPSA) is 67.9 Å². The monoisotopic (exact) mass is 458 g/mol. The number of halogens is 1. The molecule has 7 heteroatoms. The van der Waals surface area contributed by atoms with E-state index in [0.29, 0.717) is 49.0 Å². The SMILES string of the molecule is CCC(C(=O)NCC(C)C)N(Cc1ccc(Cl)cc1)C(=O)CCc1ccc2c(c1)OCO2. The van der Waals surface area contributed by atoms with Crippen LogP contribution < -0.4 is 14.8 Å². The Kier molecular flexibility index (Phi) is 8.39. The standard InChI is InChI=1S/C25H31ClN2O4/c1-4-21(25(30)27-14-17(2)3)28(15-19-5-9-20(26)10-6-19)24(29)12-8-18-7-11-22-23(13-18)32-16-31-22/h5-7,9-11,13,17,21H,4,8,12,14-16H2,1-3H3,(H,27,30). The molecule has 0 aliphatic carbocycles. The Labute approximate surface area is 194 Å². The van der Waals surface area contributed by atoms with E-state index in [9.17, 15) is 9.59 Å². The van der Waals surface area contributed by atoms with Gasteiger partial charge in [0, 0.05) is 24.5 Å². The van der Waals surface area contributed by atoms with E-state index in [-0.39, 0.29) is 18.6 Å².